The van der Waals surface area contributed by atoms with E-state index in [9.17, 15) is 4.79 Å². The maximum absolute atomic E-state index is 12.4. The van der Waals surface area contributed by atoms with Gasteiger partial charge in [0.1, 0.15) is 10.7 Å². The predicted octanol–water partition coefficient (Wildman–Crippen LogP) is 4.37. The van der Waals surface area contributed by atoms with Crippen molar-refractivity contribution in [2.75, 3.05) is 23.7 Å². The molecule has 0 atom stereocenters. The summed E-state index contributed by atoms with van der Waals surface area (Å²) in [7, 11) is 0. The summed E-state index contributed by atoms with van der Waals surface area (Å²) in [6.45, 7) is 1.99. The zero-order valence-corrected chi connectivity index (χ0v) is 15.1. The van der Waals surface area contributed by atoms with E-state index in [1.165, 1.54) is 30.6 Å². The lowest BCUT2D eigenvalue weighted by atomic mass is 10.1. The van der Waals surface area contributed by atoms with Crippen LogP contribution in [0.3, 0.4) is 0 Å². The van der Waals surface area contributed by atoms with Gasteiger partial charge in [0.25, 0.3) is 0 Å². The highest BCUT2D eigenvalue weighted by molar-refractivity contribution is 9.10. The van der Waals surface area contributed by atoms with Crippen LogP contribution in [0, 0.1) is 0 Å². The van der Waals surface area contributed by atoms with E-state index in [0.717, 1.165) is 28.3 Å². The fourth-order valence-corrected chi connectivity index (χ4v) is 3.76. The zero-order valence-electron chi connectivity index (χ0n) is 12.7. The molecule has 120 valence electrons. The SMILES string of the molecule is Nc1nc(N2CCCCC2)sc1C(=O)/C=C/c1ccc(Br)cc1. The van der Waals surface area contributed by atoms with E-state index in [0.29, 0.717) is 10.7 Å². The van der Waals surface area contributed by atoms with Gasteiger partial charge in [0.15, 0.2) is 10.9 Å². The van der Waals surface area contributed by atoms with Crippen molar-refractivity contribution in [1.82, 2.24) is 4.98 Å². The normalized spacial score (nSPS) is 15.3. The molecular formula is C17H18BrN3OS. The Hall–Kier alpha value is -1.66. The number of nitrogens with zero attached hydrogens (tertiary/aromatic N) is 2. The summed E-state index contributed by atoms with van der Waals surface area (Å²) in [5, 5.41) is 0.864. The molecule has 1 aliphatic rings. The molecule has 4 nitrogen and oxygen atoms in total. The van der Waals surface area contributed by atoms with E-state index in [2.05, 4.69) is 25.8 Å². The summed E-state index contributed by atoms with van der Waals surface area (Å²) in [6.07, 6.45) is 6.97. The number of nitrogen functional groups attached to an aromatic ring is 1. The van der Waals surface area contributed by atoms with Crippen molar-refractivity contribution in [1.29, 1.82) is 0 Å². The van der Waals surface area contributed by atoms with E-state index in [1.54, 1.807) is 12.2 Å². The van der Waals surface area contributed by atoms with Crippen LogP contribution in [0.4, 0.5) is 10.9 Å². The topological polar surface area (TPSA) is 59.2 Å². The first kappa shape index (κ1) is 16.2. The van der Waals surface area contributed by atoms with Gasteiger partial charge in [-0.1, -0.05) is 45.5 Å². The Bertz CT molecular complexity index is 718. The second kappa shape index (κ2) is 7.27. The van der Waals surface area contributed by atoms with Gasteiger partial charge in [-0.15, -0.1) is 0 Å². The molecule has 1 aromatic carbocycles. The van der Waals surface area contributed by atoms with Gasteiger partial charge in [-0.25, -0.2) is 4.98 Å². The van der Waals surface area contributed by atoms with Gasteiger partial charge in [0.05, 0.1) is 0 Å². The Kier molecular flexibility index (Phi) is 5.13. The third kappa shape index (κ3) is 4.00. The van der Waals surface area contributed by atoms with Crippen molar-refractivity contribution in [2.45, 2.75) is 19.3 Å². The van der Waals surface area contributed by atoms with E-state index in [-0.39, 0.29) is 5.78 Å². The Morgan fingerprint density at radius 3 is 2.61 bits per heavy atom. The van der Waals surface area contributed by atoms with E-state index < -0.39 is 0 Å². The number of carbonyl (C=O) groups excluding carboxylic acids is 1. The molecule has 0 amide bonds. The van der Waals surface area contributed by atoms with Gasteiger partial charge in [-0.2, -0.15) is 0 Å². The summed E-state index contributed by atoms with van der Waals surface area (Å²) in [5.41, 5.74) is 6.92. The van der Waals surface area contributed by atoms with Crippen LogP contribution in [0.15, 0.2) is 34.8 Å². The molecule has 0 aliphatic carbocycles. The van der Waals surface area contributed by atoms with Crippen molar-refractivity contribution < 1.29 is 4.79 Å². The molecule has 23 heavy (non-hydrogen) atoms. The van der Waals surface area contributed by atoms with Crippen molar-refractivity contribution in [3.8, 4) is 0 Å². The van der Waals surface area contributed by atoms with Crippen molar-refractivity contribution in [2.24, 2.45) is 0 Å². The van der Waals surface area contributed by atoms with Crippen LogP contribution in [0.5, 0.6) is 0 Å². The second-order valence-electron chi connectivity index (χ2n) is 5.51. The molecule has 0 unspecified atom stereocenters. The van der Waals surface area contributed by atoms with E-state index in [4.69, 9.17) is 5.73 Å². The number of ketones is 1. The minimum Gasteiger partial charge on any atom is -0.382 e. The number of rotatable bonds is 4. The highest BCUT2D eigenvalue weighted by Gasteiger charge is 2.19. The number of nitrogens with two attached hydrogens (primary N) is 1. The van der Waals surface area contributed by atoms with Crippen LogP contribution in [0.25, 0.3) is 6.08 Å². The summed E-state index contributed by atoms with van der Waals surface area (Å²) >= 11 is 4.79. The third-order valence-electron chi connectivity index (χ3n) is 3.79. The Morgan fingerprint density at radius 2 is 1.91 bits per heavy atom. The van der Waals surface area contributed by atoms with Crippen LogP contribution in [-0.2, 0) is 0 Å². The zero-order chi connectivity index (χ0) is 16.2. The molecule has 0 bridgehead atoms. The van der Waals surface area contributed by atoms with Gasteiger partial charge < -0.3 is 10.6 Å². The lowest BCUT2D eigenvalue weighted by molar-refractivity contribution is 0.105. The average Bonchev–Trinajstić information content (AvgIpc) is 2.97. The number of allylic oxidation sites excluding steroid dienone is 1. The molecule has 0 saturated carbocycles. The number of benzene rings is 1. The molecule has 2 heterocycles. The molecular weight excluding hydrogens is 374 g/mol. The van der Waals surface area contributed by atoms with Gasteiger partial charge in [0, 0.05) is 17.6 Å². The molecule has 1 aromatic heterocycles. The monoisotopic (exact) mass is 391 g/mol. The van der Waals surface area contributed by atoms with Crippen LogP contribution in [-0.4, -0.2) is 23.9 Å². The fraction of sp³-hybridized carbons (Fsp3) is 0.294. The van der Waals surface area contributed by atoms with Crippen molar-refractivity contribution in [3.63, 3.8) is 0 Å². The Morgan fingerprint density at radius 1 is 1.22 bits per heavy atom. The molecule has 2 aromatic rings. The number of anilines is 2. The Labute approximate surface area is 148 Å². The number of aromatic nitrogens is 1. The summed E-state index contributed by atoms with van der Waals surface area (Å²) in [6, 6.07) is 7.78. The quantitative estimate of drug-likeness (QED) is 0.620. The van der Waals surface area contributed by atoms with Gasteiger partial charge in [-0.05, 0) is 43.0 Å². The third-order valence-corrected chi connectivity index (χ3v) is 5.46. The first-order valence-corrected chi connectivity index (χ1v) is 9.23. The number of piperidine rings is 1. The number of halogens is 1. The maximum Gasteiger partial charge on any atom is 0.199 e. The minimum atomic E-state index is -0.0915. The van der Waals surface area contributed by atoms with Gasteiger partial charge in [-0.3, -0.25) is 4.79 Å². The molecule has 0 spiro atoms. The smallest absolute Gasteiger partial charge is 0.199 e. The van der Waals surface area contributed by atoms with Crippen LogP contribution in [0.2, 0.25) is 0 Å². The number of thiazole rings is 1. The van der Waals surface area contributed by atoms with Gasteiger partial charge in [0.2, 0.25) is 0 Å². The summed E-state index contributed by atoms with van der Waals surface area (Å²) in [4.78, 5) is 19.5. The largest absolute Gasteiger partial charge is 0.382 e. The molecule has 1 fully saturated rings. The minimum absolute atomic E-state index is 0.0915. The van der Waals surface area contributed by atoms with Gasteiger partial charge >= 0.3 is 0 Å². The lowest BCUT2D eigenvalue weighted by Crippen LogP contribution is -2.29. The fourth-order valence-electron chi connectivity index (χ4n) is 2.54. The molecule has 6 heteroatoms. The highest BCUT2D eigenvalue weighted by atomic mass is 79.9. The molecule has 0 radical (unpaired) electrons. The molecule has 1 saturated heterocycles. The number of carbonyl (C=O) groups is 1. The van der Waals surface area contributed by atoms with Crippen LogP contribution >= 0.6 is 27.3 Å². The van der Waals surface area contributed by atoms with E-state index >= 15 is 0 Å². The lowest BCUT2D eigenvalue weighted by Gasteiger charge is -2.25. The first-order valence-electron chi connectivity index (χ1n) is 7.63. The van der Waals surface area contributed by atoms with E-state index in [1.807, 2.05) is 24.3 Å². The number of hydrogen-bond donors (Lipinski definition) is 1. The molecule has 1 aliphatic heterocycles. The Balaban J connectivity index is 1.74. The molecule has 2 N–H and O–H groups in total. The predicted molar refractivity (Wildman–Crippen MR) is 100 cm³/mol. The van der Waals surface area contributed by atoms with Crippen molar-refractivity contribution in [3.05, 3.63) is 45.3 Å². The van der Waals surface area contributed by atoms with Crippen molar-refractivity contribution >= 4 is 50.1 Å². The van der Waals surface area contributed by atoms with Crippen LogP contribution in [0.1, 0.15) is 34.5 Å². The first-order chi connectivity index (χ1) is 11.1. The standard InChI is InChI=1S/C17H18BrN3OS/c18-13-7-4-12(5-8-13)6-9-14(22)15-16(19)20-17(23-15)21-10-2-1-3-11-21/h4-9H,1-3,10-11,19H2/b9-6+. The maximum atomic E-state index is 12.4. The molecule has 3 rings (SSSR count). The average molecular weight is 392 g/mol. The summed E-state index contributed by atoms with van der Waals surface area (Å²) in [5.74, 6) is 0.243. The highest BCUT2D eigenvalue weighted by Crippen LogP contribution is 2.30. The number of hydrogen-bond acceptors (Lipinski definition) is 5. The second-order valence-corrected chi connectivity index (χ2v) is 7.40. The van der Waals surface area contributed by atoms with Crippen LogP contribution < -0.4 is 10.6 Å². The summed E-state index contributed by atoms with van der Waals surface area (Å²) < 4.78 is 1.01.